The Morgan fingerprint density at radius 1 is 1.50 bits per heavy atom. The van der Waals surface area contributed by atoms with E-state index in [0.29, 0.717) is 10.9 Å². The predicted octanol–water partition coefficient (Wildman–Crippen LogP) is 3.36. The number of halogens is 1. The molecule has 0 aliphatic heterocycles. The third kappa shape index (κ3) is 3.66. The second-order valence-corrected chi connectivity index (χ2v) is 5.32. The van der Waals surface area contributed by atoms with Crippen molar-refractivity contribution in [2.24, 2.45) is 0 Å². The van der Waals surface area contributed by atoms with Crippen LogP contribution in [-0.2, 0) is 0 Å². The van der Waals surface area contributed by atoms with E-state index in [1.807, 2.05) is 18.5 Å². The first kappa shape index (κ1) is 11.5. The van der Waals surface area contributed by atoms with Gasteiger partial charge in [0.25, 0.3) is 0 Å². The Kier molecular flexibility index (Phi) is 4.39. The van der Waals surface area contributed by atoms with Crippen LogP contribution in [0.5, 0.6) is 0 Å². The molecule has 0 bridgehead atoms. The third-order valence-corrected chi connectivity index (χ3v) is 2.47. The number of alkyl halides is 1. The summed E-state index contributed by atoms with van der Waals surface area (Å²) in [6.45, 7) is 6.43. The van der Waals surface area contributed by atoms with Crippen LogP contribution in [0.15, 0.2) is 18.5 Å². The topological polar surface area (TPSA) is 24.9 Å². The first-order chi connectivity index (χ1) is 6.59. The lowest BCUT2D eigenvalue weighted by Crippen LogP contribution is -2.18. The van der Waals surface area contributed by atoms with Gasteiger partial charge in [-0.2, -0.15) is 0 Å². The maximum absolute atomic E-state index is 4.06. The highest BCUT2D eigenvalue weighted by Crippen LogP contribution is 2.16. The fourth-order valence-electron chi connectivity index (χ4n) is 1.45. The zero-order valence-corrected chi connectivity index (χ0v) is 10.5. The van der Waals surface area contributed by atoms with E-state index in [1.165, 1.54) is 11.3 Å². The van der Waals surface area contributed by atoms with Crippen molar-refractivity contribution in [2.45, 2.75) is 38.1 Å². The average molecular weight is 257 g/mol. The van der Waals surface area contributed by atoms with Gasteiger partial charge in [0.15, 0.2) is 0 Å². The van der Waals surface area contributed by atoms with E-state index in [1.54, 1.807) is 0 Å². The van der Waals surface area contributed by atoms with Crippen molar-refractivity contribution in [3.8, 4) is 0 Å². The van der Waals surface area contributed by atoms with E-state index < -0.39 is 0 Å². The summed E-state index contributed by atoms with van der Waals surface area (Å²) < 4.78 is 0. The molecule has 1 N–H and O–H groups in total. The minimum absolute atomic E-state index is 0.477. The standard InChI is InChI=1S/C11H17BrN2/c1-8-7-13-5-4-11(8)14-10(3)6-9(2)12/h4-5,7,9-10H,6H2,1-3H3,(H,13,14). The number of nitrogens with zero attached hydrogens (tertiary/aromatic N) is 1. The number of anilines is 1. The zero-order valence-electron chi connectivity index (χ0n) is 8.92. The maximum atomic E-state index is 4.06. The molecule has 2 unspecified atom stereocenters. The van der Waals surface area contributed by atoms with Crippen molar-refractivity contribution in [3.05, 3.63) is 24.0 Å². The van der Waals surface area contributed by atoms with Gasteiger partial charge in [-0.15, -0.1) is 0 Å². The number of aromatic nitrogens is 1. The average Bonchev–Trinajstić information content (AvgIpc) is 2.07. The molecule has 0 radical (unpaired) electrons. The second-order valence-electron chi connectivity index (χ2n) is 3.75. The summed E-state index contributed by atoms with van der Waals surface area (Å²) in [5.41, 5.74) is 2.38. The van der Waals surface area contributed by atoms with Gasteiger partial charge in [0.1, 0.15) is 0 Å². The van der Waals surface area contributed by atoms with Gasteiger partial charge in [0, 0.05) is 29.0 Å². The molecular formula is C11H17BrN2. The Balaban J connectivity index is 2.56. The van der Waals surface area contributed by atoms with Crippen molar-refractivity contribution in [1.29, 1.82) is 0 Å². The summed E-state index contributed by atoms with van der Waals surface area (Å²) in [5.74, 6) is 0. The summed E-state index contributed by atoms with van der Waals surface area (Å²) in [4.78, 5) is 4.61. The smallest absolute Gasteiger partial charge is 0.0402 e. The number of rotatable bonds is 4. The van der Waals surface area contributed by atoms with Crippen LogP contribution in [0.4, 0.5) is 5.69 Å². The van der Waals surface area contributed by atoms with Gasteiger partial charge in [-0.3, -0.25) is 4.98 Å². The van der Waals surface area contributed by atoms with Crippen LogP contribution in [0.2, 0.25) is 0 Å². The van der Waals surface area contributed by atoms with E-state index in [0.717, 1.165) is 6.42 Å². The number of hydrogen-bond donors (Lipinski definition) is 1. The summed E-state index contributed by atoms with van der Waals surface area (Å²) in [7, 11) is 0. The molecule has 0 saturated carbocycles. The molecule has 0 fully saturated rings. The number of nitrogens with one attached hydrogen (secondary N) is 1. The highest BCUT2D eigenvalue weighted by atomic mass is 79.9. The molecule has 0 aliphatic rings. The van der Waals surface area contributed by atoms with Crippen LogP contribution < -0.4 is 5.32 Å². The molecular weight excluding hydrogens is 240 g/mol. The number of aryl methyl sites for hydroxylation is 1. The Bertz CT molecular complexity index is 286. The minimum Gasteiger partial charge on any atom is -0.382 e. The second kappa shape index (κ2) is 5.35. The largest absolute Gasteiger partial charge is 0.382 e. The molecule has 78 valence electrons. The van der Waals surface area contributed by atoms with Gasteiger partial charge in [-0.05, 0) is 31.9 Å². The molecule has 0 spiro atoms. The molecule has 0 amide bonds. The first-order valence-electron chi connectivity index (χ1n) is 4.91. The maximum Gasteiger partial charge on any atom is 0.0402 e. The highest BCUT2D eigenvalue weighted by molar-refractivity contribution is 9.09. The van der Waals surface area contributed by atoms with Crippen molar-refractivity contribution in [3.63, 3.8) is 0 Å². The Morgan fingerprint density at radius 3 is 2.79 bits per heavy atom. The molecule has 1 aromatic rings. The number of hydrogen-bond acceptors (Lipinski definition) is 2. The van der Waals surface area contributed by atoms with Gasteiger partial charge in [0.05, 0.1) is 0 Å². The van der Waals surface area contributed by atoms with Crippen LogP contribution in [0.3, 0.4) is 0 Å². The lowest BCUT2D eigenvalue weighted by atomic mass is 10.1. The Morgan fingerprint density at radius 2 is 2.21 bits per heavy atom. The summed E-state index contributed by atoms with van der Waals surface area (Å²) >= 11 is 3.55. The summed E-state index contributed by atoms with van der Waals surface area (Å²) in [5, 5.41) is 3.47. The van der Waals surface area contributed by atoms with Gasteiger partial charge in [-0.1, -0.05) is 22.9 Å². The Labute approximate surface area is 94.3 Å². The molecule has 14 heavy (non-hydrogen) atoms. The molecule has 0 saturated heterocycles. The molecule has 0 aliphatic carbocycles. The van der Waals surface area contributed by atoms with Crippen LogP contribution in [-0.4, -0.2) is 15.9 Å². The fourth-order valence-corrected chi connectivity index (χ4v) is 2.01. The van der Waals surface area contributed by atoms with Gasteiger partial charge in [0.2, 0.25) is 0 Å². The number of pyridine rings is 1. The molecule has 1 rings (SSSR count). The van der Waals surface area contributed by atoms with Crippen LogP contribution in [0.1, 0.15) is 25.8 Å². The molecule has 2 atom stereocenters. The molecule has 3 heteroatoms. The van der Waals surface area contributed by atoms with Gasteiger partial charge < -0.3 is 5.32 Å². The van der Waals surface area contributed by atoms with Crippen molar-refractivity contribution < 1.29 is 0 Å². The molecule has 1 heterocycles. The van der Waals surface area contributed by atoms with Crippen LogP contribution >= 0.6 is 15.9 Å². The van der Waals surface area contributed by atoms with Crippen molar-refractivity contribution in [2.75, 3.05) is 5.32 Å². The van der Waals surface area contributed by atoms with Gasteiger partial charge >= 0.3 is 0 Å². The predicted molar refractivity (Wildman–Crippen MR) is 65.1 cm³/mol. The minimum atomic E-state index is 0.477. The van der Waals surface area contributed by atoms with E-state index >= 15 is 0 Å². The monoisotopic (exact) mass is 256 g/mol. The molecule has 1 aromatic heterocycles. The Hall–Kier alpha value is -0.570. The van der Waals surface area contributed by atoms with Crippen molar-refractivity contribution in [1.82, 2.24) is 4.98 Å². The fraction of sp³-hybridized carbons (Fsp3) is 0.545. The molecule has 0 aromatic carbocycles. The quantitative estimate of drug-likeness (QED) is 0.836. The van der Waals surface area contributed by atoms with E-state index in [2.05, 4.69) is 47.0 Å². The SMILES string of the molecule is Cc1cnccc1NC(C)CC(C)Br. The van der Waals surface area contributed by atoms with Crippen LogP contribution in [0, 0.1) is 6.92 Å². The summed E-state index contributed by atoms with van der Waals surface area (Å²) in [6, 6.07) is 2.50. The van der Waals surface area contributed by atoms with Crippen LogP contribution in [0.25, 0.3) is 0 Å². The zero-order chi connectivity index (χ0) is 10.6. The lowest BCUT2D eigenvalue weighted by Gasteiger charge is -2.17. The van der Waals surface area contributed by atoms with E-state index in [9.17, 15) is 0 Å². The highest BCUT2D eigenvalue weighted by Gasteiger charge is 2.06. The summed E-state index contributed by atoms with van der Waals surface area (Å²) in [6.07, 6.45) is 4.81. The van der Waals surface area contributed by atoms with E-state index in [4.69, 9.17) is 0 Å². The van der Waals surface area contributed by atoms with E-state index in [-0.39, 0.29) is 0 Å². The normalized spacial score (nSPS) is 14.9. The molecule has 2 nitrogen and oxygen atoms in total. The third-order valence-electron chi connectivity index (χ3n) is 2.10. The van der Waals surface area contributed by atoms with Crippen molar-refractivity contribution >= 4 is 21.6 Å². The lowest BCUT2D eigenvalue weighted by molar-refractivity contribution is 0.707. The van der Waals surface area contributed by atoms with Gasteiger partial charge in [-0.25, -0.2) is 0 Å². The first-order valence-corrected chi connectivity index (χ1v) is 5.82.